The molecule has 66 valence electrons. The summed E-state index contributed by atoms with van der Waals surface area (Å²) < 4.78 is 0. The highest BCUT2D eigenvalue weighted by molar-refractivity contribution is 7.99. The van der Waals surface area contributed by atoms with Gasteiger partial charge in [0.25, 0.3) is 0 Å². The standard InChI is InChI=1S/C8H18N2S/c1-4-6-9-7-10-8(3)11-5-2/h4,8-10H,1,5-7H2,2-3H3. The van der Waals surface area contributed by atoms with Gasteiger partial charge in [0.15, 0.2) is 0 Å². The second-order valence-corrected chi connectivity index (χ2v) is 3.84. The predicted molar refractivity (Wildman–Crippen MR) is 53.8 cm³/mol. The summed E-state index contributed by atoms with van der Waals surface area (Å²) in [6.07, 6.45) is 1.86. The van der Waals surface area contributed by atoms with Gasteiger partial charge < -0.3 is 5.32 Å². The average molecular weight is 174 g/mol. The highest BCUT2D eigenvalue weighted by Crippen LogP contribution is 2.04. The molecule has 0 saturated carbocycles. The van der Waals surface area contributed by atoms with Crippen LogP contribution in [0.25, 0.3) is 0 Å². The van der Waals surface area contributed by atoms with Gasteiger partial charge in [0, 0.05) is 13.2 Å². The van der Waals surface area contributed by atoms with Gasteiger partial charge in [-0.15, -0.1) is 18.3 Å². The molecule has 11 heavy (non-hydrogen) atoms. The zero-order valence-electron chi connectivity index (χ0n) is 7.39. The number of nitrogens with one attached hydrogen (secondary N) is 2. The van der Waals surface area contributed by atoms with E-state index in [9.17, 15) is 0 Å². The average Bonchev–Trinajstić information content (AvgIpc) is 1.99. The lowest BCUT2D eigenvalue weighted by Gasteiger charge is -2.11. The van der Waals surface area contributed by atoms with Crippen molar-refractivity contribution in [3.8, 4) is 0 Å². The Hall–Kier alpha value is 0.0100. The molecule has 0 saturated heterocycles. The first kappa shape index (κ1) is 11.0. The summed E-state index contributed by atoms with van der Waals surface area (Å²) in [4.78, 5) is 0. The van der Waals surface area contributed by atoms with Gasteiger partial charge in [-0.3, -0.25) is 5.32 Å². The molecule has 1 unspecified atom stereocenters. The Kier molecular flexibility index (Phi) is 8.12. The van der Waals surface area contributed by atoms with Crippen molar-refractivity contribution in [3.05, 3.63) is 12.7 Å². The molecule has 0 spiro atoms. The van der Waals surface area contributed by atoms with Crippen LogP contribution in [0.1, 0.15) is 13.8 Å². The first-order valence-electron chi connectivity index (χ1n) is 3.97. The van der Waals surface area contributed by atoms with Crippen molar-refractivity contribution < 1.29 is 0 Å². The summed E-state index contributed by atoms with van der Waals surface area (Å²) in [6, 6.07) is 0. The van der Waals surface area contributed by atoms with Crippen molar-refractivity contribution in [3.63, 3.8) is 0 Å². The van der Waals surface area contributed by atoms with E-state index in [2.05, 4.69) is 31.1 Å². The molecule has 0 aromatic rings. The summed E-state index contributed by atoms with van der Waals surface area (Å²) >= 11 is 1.91. The number of rotatable bonds is 7. The van der Waals surface area contributed by atoms with E-state index in [0.29, 0.717) is 5.37 Å². The van der Waals surface area contributed by atoms with E-state index in [4.69, 9.17) is 0 Å². The van der Waals surface area contributed by atoms with Gasteiger partial charge in [-0.05, 0) is 12.7 Å². The van der Waals surface area contributed by atoms with Crippen molar-refractivity contribution in [2.45, 2.75) is 19.2 Å². The third kappa shape index (κ3) is 7.91. The molecule has 0 heterocycles. The van der Waals surface area contributed by atoms with Crippen LogP contribution >= 0.6 is 11.8 Å². The van der Waals surface area contributed by atoms with E-state index in [1.54, 1.807) is 0 Å². The van der Waals surface area contributed by atoms with E-state index in [-0.39, 0.29) is 0 Å². The molecule has 0 bridgehead atoms. The zero-order chi connectivity index (χ0) is 8.53. The molecular weight excluding hydrogens is 156 g/mol. The Labute approximate surface area is 73.8 Å². The molecule has 0 amide bonds. The molecule has 0 radical (unpaired) electrons. The maximum Gasteiger partial charge on any atom is 0.0513 e. The molecule has 2 nitrogen and oxygen atoms in total. The largest absolute Gasteiger partial charge is 0.301 e. The monoisotopic (exact) mass is 174 g/mol. The fraction of sp³-hybridized carbons (Fsp3) is 0.750. The van der Waals surface area contributed by atoms with E-state index in [1.807, 2.05) is 17.8 Å². The van der Waals surface area contributed by atoms with Crippen LogP contribution in [-0.4, -0.2) is 24.3 Å². The van der Waals surface area contributed by atoms with Gasteiger partial charge in [0.2, 0.25) is 0 Å². The van der Waals surface area contributed by atoms with Crippen molar-refractivity contribution in [1.82, 2.24) is 10.6 Å². The lowest BCUT2D eigenvalue weighted by Crippen LogP contribution is -2.33. The molecule has 0 aliphatic heterocycles. The molecule has 0 rings (SSSR count). The van der Waals surface area contributed by atoms with Crippen LogP contribution in [0.2, 0.25) is 0 Å². The third-order valence-corrected chi connectivity index (χ3v) is 2.22. The highest BCUT2D eigenvalue weighted by Gasteiger charge is 1.96. The summed E-state index contributed by atoms with van der Waals surface area (Å²) in [5.41, 5.74) is 0. The summed E-state index contributed by atoms with van der Waals surface area (Å²) in [5, 5.41) is 7.04. The van der Waals surface area contributed by atoms with Gasteiger partial charge in [0.05, 0.1) is 5.37 Å². The molecule has 0 aliphatic carbocycles. The maximum absolute atomic E-state index is 3.62. The van der Waals surface area contributed by atoms with Crippen LogP contribution in [0.4, 0.5) is 0 Å². The van der Waals surface area contributed by atoms with Crippen LogP contribution in [0, 0.1) is 0 Å². The first-order chi connectivity index (χ1) is 5.31. The predicted octanol–water partition coefficient (Wildman–Crippen LogP) is 1.41. The van der Waals surface area contributed by atoms with E-state index in [1.165, 1.54) is 0 Å². The molecule has 3 heteroatoms. The fourth-order valence-corrected chi connectivity index (χ4v) is 1.40. The molecule has 0 aliphatic rings. The third-order valence-electron chi connectivity index (χ3n) is 1.22. The summed E-state index contributed by atoms with van der Waals surface area (Å²) in [7, 11) is 0. The molecule has 0 fully saturated rings. The maximum atomic E-state index is 3.62. The van der Waals surface area contributed by atoms with Crippen LogP contribution < -0.4 is 10.6 Å². The zero-order valence-corrected chi connectivity index (χ0v) is 8.21. The number of hydrogen-bond donors (Lipinski definition) is 2. The van der Waals surface area contributed by atoms with Gasteiger partial charge in [-0.2, -0.15) is 0 Å². The smallest absolute Gasteiger partial charge is 0.0513 e. The Morgan fingerprint density at radius 3 is 2.91 bits per heavy atom. The topological polar surface area (TPSA) is 24.1 Å². The second kappa shape index (κ2) is 8.11. The molecule has 0 aromatic heterocycles. The SMILES string of the molecule is C=CCNCNC(C)SCC. The Morgan fingerprint density at radius 1 is 1.64 bits per heavy atom. The minimum absolute atomic E-state index is 0.539. The van der Waals surface area contributed by atoms with Crippen molar-refractivity contribution in [1.29, 1.82) is 0 Å². The van der Waals surface area contributed by atoms with Gasteiger partial charge in [-0.25, -0.2) is 0 Å². The van der Waals surface area contributed by atoms with Crippen LogP contribution in [0.3, 0.4) is 0 Å². The second-order valence-electron chi connectivity index (χ2n) is 2.22. The van der Waals surface area contributed by atoms with E-state index in [0.717, 1.165) is 19.0 Å². The van der Waals surface area contributed by atoms with Gasteiger partial charge in [-0.1, -0.05) is 13.0 Å². The summed E-state index contributed by atoms with van der Waals surface area (Å²) in [5.74, 6) is 1.16. The molecule has 1 atom stereocenters. The Morgan fingerprint density at radius 2 is 2.36 bits per heavy atom. The normalized spacial score (nSPS) is 12.9. The molecule has 2 N–H and O–H groups in total. The quantitative estimate of drug-likeness (QED) is 0.347. The van der Waals surface area contributed by atoms with Gasteiger partial charge in [0.1, 0.15) is 0 Å². The number of hydrogen-bond acceptors (Lipinski definition) is 3. The Bertz CT molecular complexity index is 96.1. The minimum Gasteiger partial charge on any atom is -0.301 e. The van der Waals surface area contributed by atoms with Crippen molar-refractivity contribution in [2.24, 2.45) is 0 Å². The van der Waals surface area contributed by atoms with Crippen LogP contribution in [0.5, 0.6) is 0 Å². The fourth-order valence-electron chi connectivity index (χ4n) is 0.699. The van der Waals surface area contributed by atoms with E-state index < -0.39 is 0 Å². The Balaban J connectivity index is 3.03. The van der Waals surface area contributed by atoms with E-state index >= 15 is 0 Å². The van der Waals surface area contributed by atoms with Gasteiger partial charge >= 0.3 is 0 Å². The highest BCUT2D eigenvalue weighted by atomic mass is 32.2. The minimum atomic E-state index is 0.539. The summed E-state index contributed by atoms with van der Waals surface area (Å²) in [6.45, 7) is 9.69. The van der Waals surface area contributed by atoms with Crippen molar-refractivity contribution in [2.75, 3.05) is 19.0 Å². The lowest BCUT2D eigenvalue weighted by molar-refractivity contribution is 0.608. The number of thioether (sulfide) groups is 1. The van der Waals surface area contributed by atoms with Crippen LogP contribution in [0.15, 0.2) is 12.7 Å². The van der Waals surface area contributed by atoms with Crippen LogP contribution in [-0.2, 0) is 0 Å². The van der Waals surface area contributed by atoms with Crippen molar-refractivity contribution >= 4 is 11.8 Å². The lowest BCUT2D eigenvalue weighted by atomic mass is 10.6. The first-order valence-corrected chi connectivity index (χ1v) is 5.02. The molecular formula is C8H18N2S. The molecule has 0 aromatic carbocycles.